The molecule has 0 aliphatic heterocycles. The van der Waals surface area contributed by atoms with Crippen molar-refractivity contribution in [3.8, 4) is 0 Å². The first-order chi connectivity index (χ1) is 8.59. The third-order valence-corrected chi connectivity index (χ3v) is 4.10. The minimum Gasteiger partial charge on any atom is -0.348 e. The second-order valence-electron chi connectivity index (χ2n) is 4.48. The van der Waals surface area contributed by atoms with Gasteiger partial charge in [0.15, 0.2) is 0 Å². The van der Waals surface area contributed by atoms with Gasteiger partial charge in [0.1, 0.15) is 5.82 Å². The van der Waals surface area contributed by atoms with Gasteiger partial charge in [-0.3, -0.25) is 4.79 Å². The second-order valence-corrected chi connectivity index (χ2v) is 5.42. The molecule has 1 N–H and O–H groups in total. The number of amides is 1. The number of carbonyl (C=O) groups excluding carboxylic acids is 1. The number of carbonyl (C=O) groups is 1. The van der Waals surface area contributed by atoms with E-state index < -0.39 is 5.82 Å². The maximum Gasteiger partial charge on any atom is 0.253 e. The SMILES string of the molecule is O=C(NC1CCCCC1Cl)c1cccc(F)c1Cl. The summed E-state index contributed by atoms with van der Waals surface area (Å²) in [6.45, 7) is 0. The van der Waals surface area contributed by atoms with Gasteiger partial charge in [-0.1, -0.05) is 30.5 Å². The highest BCUT2D eigenvalue weighted by molar-refractivity contribution is 6.34. The van der Waals surface area contributed by atoms with Crippen LogP contribution in [-0.4, -0.2) is 17.3 Å². The number of benzene rings is 1. The normalized spacial score (nSPS) is 23.7. The lowest BCUT2D eigenvalue weighted by molar-refractivity contribution is 0.0928. The third kappa shape index (κ3) is 2.96. The van der Waals surface area contributed by atoms with Gasteiger partial charge in [0.25, 0.3) is 5.91 Å². The van der Waals surface area contributed by atoms with Gasteiger partial charge in [-0.15, -0.1) is 11.6 Å². The fourth-order valence-electron chi connectivity index (χ4n) is 2.17. The van der Waals surface area contributed by atoms with Crippen LogP contribution in [0.2, 0.25) is 5.02 Å². The van der Waals surface area contributed by atoms with Crippen molar-refractivity contribution in [2.45, 2.75) is 37.1 Å². The first kappa shape index (κ1) is 13.6. The Bertz CT molecular complexity index is 453. The Morgan fingerprint density at radius 3 is 2.78 bits per heavy atom. The molecule has 2 nitrogen and oxygen atoms in total. The topological polar surface area (TPSA) is 29.1 Å². The summed E-state index contributed by atoms with van der Waals surface area (Å²) < 4.78 is 13.3. The first-order valence-corrected chi connectivity index (χ1v) is 6.80. The van der Waals surface area contributed by atoms with Crippen LogP contribution in [-0.2, 0) is 0 Å². The van der Waals surface area contributed by atoms with E-state index in [2.05, 4.69) is 5.32 Å². The van der Waals surface area contributed by atoms with Crippen LogP contribution < -0.4 is 5.32 Å². The number of halogens is 3. The Balaban J connectivity index is 2.09. The Kier molecular flexibility index (Phi) is 4.46. The van der Waals surface area contributed by atoms with Gasteiger partial charge in [0, 0.05) is 6.04 Å². The maximum atomic E-state index is 13.3. The molecule has 2 atom stereocenters. The molecule has 2 rings (SSSR count). The van der Waals surface area contributed by atoms with Crippen LogP contribution in [0.5, 0.6) is 0 Å². The quantitative estimate of drug-likeness (QED) is 0.826. The molecular weight excluding hydrogens is 276 g/mol. The van der Waals surface area contributed by atoms with Crippen molar-refractivity contribution in [2.75, 3.05) is 0 Å². The van der Waals surface area contributed by atoms with Crippen LogP contribution in [0, 0.1) is 5.82 Å². The Labute approximate surface area is 115 Å². The van der Waals surface area contributed by atoms with E-state index in [1.807, 2.05) is 0 Å². The first-order valence-electron chi connectivity index (χ1n) is 5.98. The summed E-state index contributed by atoms with van der Waals surface area (Å²) >= 11 is 11.9. The van der Waals surface area contributed by atoms with Crippen LogP contribution >= 0.6 is 23.2 Å². The standard InChI is InChI=1S/C13H14Cl2FNO/c14-9-5-1-2-7-11(9)17-13(18)8-4-3-6-10(16)12(8)15/h3-4,6,9,11H,1-2,5,7H2,(H,17,18). The minimum atomic E-state index is -0.588. The minimum absolute atomic E-state index is 0.0602. The summed E-state index contributed by atoms with van der Waals surface area (Å²) in [5.41, 5.74) is 0.158. The zero-order valence-electron chi connectivity index (χ0n) is 9.76. The van der Waals surface area contributed by atoms with E-state index in [-0.39, 0.29) is 27.9 Å². The van der Waals surface area contributed by atoms with Gasteiger partial charge >= 0.3 is 0 Å². The van der Waals surface area contributed by atoms with Crippen molar-refractivity contribution < 1.29 is 9.18 Å². The van der Waals surface area contributed by atoms with E-state index >= 15 is 0 Å². The number of hydrogen-bond acceptors (Lipinski definition) is 1. The predicted molar refractivity (Wildman–Crippen MR) is 70.8 cm³/mol. The molecule has 2 unspecified atom stereocenters. The van der Waals surface area contributed by atoms with E-state index in [0.717, 1.165) is 25.7 Å². The van der Waals surface area contributed by atoms with Gasteiger partial charge in [-0.05, 0) is 25.0 Å². The maximum absolute atomic E-state index is 13.3. The summed E-state index contributed by atoms with van der Waals surface area (Å²) in [5.74, 6) is -0.951. The summed E-state index contributed by atoms with van der Waals surface area (Å²) in [5, 5.41) is 2.63. The number of alkyl halides is 1. The highest BCUT2D eigenvalue weighted by Gasteiger charge is 2.25. The van der Waals surface area contributed by atoms with E-state index in [0.29, 0.717) is 0 Å². The molecule has 1 aliphatic carbocycles. The average Bonchev–Trinajstić information content (AvgIpc) is 2.35. The van der Waals surface area contributed by atoms with Crippen molar-refractivity contribution in [1.29, 1.82) is 0 Å². The van der Waals surface area contributed by atoms with Crippen molar-refractivity contribution in [2.24, 2.45) is 0 Å². The van der Waals surface area contributed by atoms with Crippen molar-refractivity contribution in [1.82, 2.24) is 5.32 Å². The molecule has 1 fully saturated rings. The largest absolute Gasteiger partial charge is 0.348 e. The molecule has 0 saturated heterocycles. The highest BCUT2D eigenvalue weighted by atomic mass is 35.5. The fraction of sp³-hybridized carbons (Fsp3) is 0.462. The number of rotatable bonds is 2. The van der Waals surface area contributed by atoms with Gasteiger partial charge in [-0.2, -0.15) is 0 Å². The summed E-state index contributed by atoms with van der Waals surface area (Å²) in [4.78, 5) is 12.0. The Morgan fingerprint density at radius 1 is 1.33 bits per heavy atom. The molecule has 1 aliphatic rings. The van der Waals surface area contributed by atoms with E-state index in [1.165, 1.54) is 18.2 Å². The number of hydrogen-bond donors (Lipinski definition) is 1. The zero-order valence-corrected chi connectivity index (χ0v) is 11.3. The van der Waals surface area contributed by atoms with Gasteiger partial charge in [0.05, 0.1) is 16.0 Å². The Hall–Kier alpha value is -0.800. The monoisotopic (exact) mass is 289 g/mol. The van der Waals surface area contributed by atoms with Crippen LogP contribution in [0.1, 0.15) is 36.0 Å². The van der Waals surface area contributed by atoms with E-state index in [9.17, 15) is 9.18 Å². The molecule has 98 valence electrons. The van der Waals surface area contributed by atoms with Gasteiger partial charge in [0.2, 0.25) is 0 Å². The summed E-state index contributed by atoms with van der Waals surface area (Å²) in [7, 11) is 0. The molecule has 0 spiro atoms. The average molecular weight is 290 g/mol. The predicted octanol–water partition coefficient (Wildman–Crippen LogP) is 3.76. The van der Waals surface area contributed by atoms with Gasteiger partial charge in [-0.25, -0.2) is 4.39 Å². The van der Waals surface area contributed by atoms with E-state index in [4.69, 9.17) is 23.2 Å². The molecule has 1 aromatic rings. The lowest BCUT2D eigenvalue weighted by Crippen LogP contribution is -2.42. The molecule has 1 aromatic carbocycles. The molecule has 0 aromatic heterocycles. The van der Waals surface area contributed by atoms with Crippen LogP contribution in [0.3, 0.4) is 0 Å². The molecule has 18 heavy (non-hydrogen) atoms. The van der Waals surface area contributed by atoms with Gasteiger partial charge < -0.3 is 5.32 Å². The second kappa shape index (κ2) is 5.89. The lowest BCUT2D eigenvalue weighted by Gasteiger charge is -2.27. The molecular formula is C13H14Cl2FNO. The fourth-order valence-corrected chi connectivity index (χ4v) is 2.73. The highest BCUT2D eigenvalue weighted by Crippen LogP contribution is 2.24. The van der Waals surface area contributed by atoms with E-state index in [1.54, 1.807) is 0 Å². The smallest absolute Gasteiger partial charge is 0.253 e. The molecule has 0 heterocycles. The molecule has 5 heteroatoms. The van der Waals surface area contributed by atoms with Crippen LogP contribution in [0.25, 0.3) is 0 Å². The van der Waals surface area contributed by atoms with Crippen molar-refractivity contribution in [3.05, 3.63) is 34.6 Å². The summed E-state index contributed by atoms with van der Waals surface area (Å²) in [6, 6.07) is 4.14. The van der Waals surface area contributed by atoms with Crippen molar-refractivity contribution in [3.63, 3.8) is 0 Å². The third-order valence-electron chi connectivity index (χ3n) is 3.19. The molecule has 1 amide bonds. The molecule has 1 saturated carbocycles. The Morgan fingerprint density at radius 2 is 2.06 bits per heavy atom. The molecule has 0 bridgehead atoms. The number of nitrogens with one attached hydrogen (secondary N) is 1. The molecule has 0 radical (unpaired) electrons. The van der Waals surface area contributed by atoms with Crippen LogP contribution in [0.15, 0.2) is 18.2 Å². The van der Waals surface area contributed by atoms with Crippen LogP contribution in [0.4, 0.5) is 4.39 Å². The van der Waals surface area contributed by atoms with Crippen molar-refractivity contribution >= 4 is 29.1 Å². The zero-order chi connectivity index (χ0) is 13.1. The lowest BCUT2D eigenvalue weighted by atomic mass is 9.94. The summed E-state index contributed by atoms with van der Waals surface area (Å²) in [6.07, 6.45) is 3.88.